The van der Waals surface area contributed by atoms with Crippen molar-refractivity contribution in [3.8, 4) is 0 Å². The van der Waals surface area contributed by atoms with E-state index in [1.165, 1.54) is 5.56 Å². The standard InChI is InChI=1S/C16H19NO3/c1-11-13(12-5-3-2-4-6-12)7-10-17(11)14(18)16(8-9-16)15(19)20/h2-6,11,13H,7-10H2,1H3,(H,19,20)/t11-,13-/m0/s1. The van der Waals surface area contributed by atoms with Gasteiger partial charge < -0.3 is 10.0 Å². The molecule has 1 heterocycles. The van der Waals surface area contributed by atoms with Crippen molar-refractivity contribution < 1.29 is 14.7 Å². The smallest absolute Gasteiger partial charge is 0.319 e. The van der Waals surface area contributed by atoms with E-state index in [1.807, 2.05) is 25.1 Å². The van der Waals surface area contributed by atoms with Gasteiger partial charge in [-0.15, -0.1) is 0 Å². The molecule has 2 aliphatic rings. The quantitative estimate of drug-likeness (QED) is 0.859. The fourth-order valence-corrected chi connectivity index (χ4v) is 3.29. The molecule has 2 atom stereocenters. The van der Waals surface area contributed by atoms with Crippen LogP contribution in [-0.4, -0.2) is 34.5 Å². The van der Waals surface area contributed by atoms with Gasteiger partial charge in [0.15, 0.2) is 0 Å². The van der Waals surface area contributed by atoms with Crippen molar-refractivity contribution in [2.75, 3.05) is 6.54 Å². The number of nitrogens with zero attached hydrogens (tertiary/aromatic N) is 1. The fourth-order valence-electron chi connectivity index (χ4n) is 3.29. The molecule has 2 fully saturated rings. The average molecular weight is 273 g/mol. The van der Waals surface area contributed by atoms with Crippen LogP contribution in [0.3, 0.4) is 0 Å². The lowest BCUT2D eigenvalue weighted by Gasteiger charge is -2.27. The van der Waals surface area contributed by atoms with Crippen molar-refractivity contribution in [1.82, 2.24) is 4.90 Å². The van der Waals surface area contributed by atoms with Gasteiger partial charge in [0.05, 0.1) is 0 Å². The molecule has 1 amide bonds. The maximum absolute atomic E-state index is 12.5. The zero-order chi connectivity index (χ0) is 14.3. The van der Waals surface area contributed by atoms with Gasteiger partial charge in [0, 0.05) is 18.5 Å². The molecule has 1 aromatic rings. The number of rotatable bonds is 3. The van der Waals surface area contributed by atoms with E-state index >= 15 is 0 Å². The Kier molecular flexibility index (Phi) is 3.04. The first-order valence-electron chi connectivity index (χ1n) is 7.16. The monoisotopic (exact) mass is 273 g/mol. The molecule has 1 aromatic carbocycles. The van der Waals surface area contributed by atoms with E-state index in [0.717, 1.165) is 6.42 Å². The first-order valence-corrected chi connectivity index (χ1v) is 7.16. The lowest BCUT2D eigenvalue weighted by molar-refractivity contribution is -0.153. The van der Waals surface area contributed by atoms with Gasteiger partial charge in [0.1, 0.15) is 5.41 Å². The molecule has 3 rings (SSSR count). The molecule has 0 unspecified atom stereocenters. The molecular weight excluding hydrogens is 254 g/mol. The third-order valence-electron chi connectivity index (χ3n) is 4.81. The summed E-state index contributed by atoms with van der Waals surface area (Å²) in [6, 6.07) is 10.2. The number of carbonyl (C=O) groups is 2. The van der Waals surface area contributed by atoms with Crippen LogP contribution in [0.15, 0.2) is 30.3 Å². The van der Waals surface area contributed by atoms with Crippen LogP contribution in [0.1, 0.15) is 37.7 Å². The van der Waals surface area contributed by atoms with Crippen LogP contribution in [0.25, 0.3) is 0 Å². The van der Waals surface area contributed by atoms with Crippen molar-refractivity contribution in [1.29, 1.82) is 0 Å². The number of carbonyl (C=O) groups excluding carboxylic acids is 1. The summed E-state index contributed by atoms with van der Waals surface area (Å²) in [5.74, 6) is -0.835. The Balaban J connectivity index is 1.78. The highest BCUT2D eigenvalue weighted by Crippen LogP contribution is 2.49. The number of amides is 1. The topological polar surface area (TPSA) is 57.6 Å². The molecule has 106 valence electrons. The molecule has 1 N–H and O–H groups in total. The summed E-state index contributed by atoms with van der Waals surface area (Å²) in [5.41, 5.74) is 0.121. The summed E-state index contributed by atoms with van der Waals surface area (Å²) in [5, 5.41) is 9.26. The van der Waals surface area contributed by atoms with E-state index in [-0.39, 0.29) is 11.9 Å². The van der Waals surface area contributed by atoms with Crippen LogP contribution in [-0.2, 0) is 9.59 Å². The van der Waals surface area contributed by atoms with Crippen molar-refractivity contribution >= 4 is 11.9 Å². The highest BCUT2D eigenvalue weighted by atomic mass is 16.4. The van der Waals surface area contributed by atoms with Crippen LogP contribution in [0.2, 0.25) is 0 Å². The van der Waals surface area contributed by atoms with Crippen molar-refractivity contribution in [2.24, 2.45) is 5.41 Å². The Morgan fingerprint density at radius 3 is 2.45 bits per heavy atom. The Bertz CT molecular complexity index is 536. The molecule has 0 aromatic heterocycles. The van der Waals surface area contributed by atoms with Crippen molar-refractivity contribution in [2.45, 2.75) is 38.1 Å². The number of carboxylic acids is 1. The molecule has 0 spiro atoms. The minimum absolute atomic E-state index is 0.0710. The second-order valence-corrected chi connectivity index (χ2v) is 5.93. The zero-order valence-electron chi connectivity index (χ0n) is 11.6. The molecule has 1 aliphatic heterocycles. The maximum atomic E-state index is 12.5. The van der Waals surface area contributed by atoms with Crippen molar-refractivity contribution in [3.05, 3.63) is 35.9 Å². The third kappa shape index (κ3) is 1.90. The molecule has 0 radical (unpaired) electrons. The van der Waals surface area contributed by atoms with Gasteiger partial charge in [-0.1, -0.05) is 30.3 Å². The van der Waals surface area contributed by atoms with E-state index in [1.54, 1.807) is 4.90 Å². The lowest BCUT2D eigenvalue weighted by atomic mass is 9.92. The number of likely N-dealkylation sites (tertiary alicyclic amines) is 1. The number of aliphatic carboxylic acids is 1. The highest BCUT2D eigenvalue weighted by Gasteiger charge is 2.59. The van der Waals surface area contributed by atoms with Crippen LogP contribution >= 0.6 is 0 Å². The van der Waals surface area contributed by atoms with Crippen LogP contribution in [0.5, 0.6) is 0 Å². The maximum Gasteiger partial charge on any atom is 0.319 e. The van der Waals surface area contributed by atoms with Crippen LogP contribution in [0, 0.1) is 5.41 Å². The second-order valence-electron chi connectivity index (χ2n) is 5.93. The van der Waals surface area contributed by atoms with Gasteiger partial charge >= 0.3 is 5.97 Å². The second kappa shape index (κ2) is 4.62. The van der Waals surface area contributed by atoms with Crippen LogP contribution in [0.4, 0.5) is 0 Å². The number of hydrogen-bond donors (Lipinski definition) is 1. The predicted molar refractivity (Wildman–Crippen MR) is 74.3 cm³/mol. The zero-order valence-corrected chi connectivity index (χ0v) is 11.6. The van der Waals surface area contributed by atoms with Gasteiger partial charge in [-0.05, 0) is 31.7 Å². The Morgan fingerprint density at radius 1 is 1.25 bits per heavy atom. The number of carboxylic acid groups (broad SMARTS) is 1. The summed E-state index contributed by atoms with van der Waals surface area (Å²) in [6.07, 6.45) is 1.88. The molecule has 4 nitrogen and oxygen atoms in total. The van der Waals surface area contributed by atoms with E-state index in [0.29, 0.717) is 25.3 Å². The van der Waals surface area contributed by atoms with Crippen molar-refractivity contribution in [3.63, 3.8) is 0 Å². The third-order valence-corrected chi connectivity index (χ3v) is 4.81. The largest absolute Gasteiger partial charge is 0.480 e. The minimum atomic E-state index is -1.11. The Morgan fingerprint density at radius 2 is 1.90 bits per heavy atom. The molecule has 1 aliphatic carbocycles. The van der Waals surface area contributed by atoms with Gasteiger partial charge in [-0.25, -0.2) is 0 Å². The number of hydrogen-bond acceptors (Lipinski definition) is 2. The van der Waals surface area contributed by atoms with E-state index in [4.69, 9.17) is 0 Å². The average Bonchev–Trinajstić information content (AvgIpc) is 3.18. The number of benzene rings is 1. The minimum Gasteiger partial charge on any atom is -0.480 e. The van der Waals surface area contributed by atoms with Gasteiger partial charge in [-0.3, -0.25) is 9.59 Å². The molecule has 20 heavy (non-hydrogen) atoms. The van der Waals surface area contributed by atoms with Gasteiger partial charge in [0.25, 0.3) is 0 Å². The van der Waals surface area contributed by atoms with Gasteiger partial charge in [0.2, 0.25) is 5.91 Å². The lowest BCUT2D eigenvalue weighted by Crippen LogP contribution is -2.43. The van der Waals surface area contributed by atoms with Crippen LogP contribution < -0.4 is 0 Å². The highest BCUT2D eigenvalue weighted by molar-refractivity contribution is 6.05. The van der Waals surface area contributed by atoms with Gasteiger partial charge in [-0.2, -0.15) is 0 Å². The molecule has 4 heteroatoms. The SMILES string of the molecule is C[C@H]1[C@@H](c2ccccc2)CCN1C(=O)C1(C(=O)O)CC1. The Hall–Kier alpha value is -1.84. The first kappa shape index (κ1) is 13.2. The Labute approximate surface area is 118 Å². The summed E-state index contributed by atoms with van der Waals surface area (Å²) < 4.78 is 0. The molecule has 1 saturated heterocycles. The predicted octanol–water partition coefficient (Wildman–Crippen LogP) is 2.26. The summed E-state index contributed by atoms with van der Waals surface area (Å²) in [7, 11) is 0. The fraction of sp³-hybridized carbons (Fsp3) is 0.500. The molecular formula is C16H19NO3. The summed E-state index contributed by atoms with van der Waals surface area (Å²) in [4.78, 5) is 25.6. The molecule has 1 saturated carbocycles. The first-order chi connectivity index (χ1) is 9.56. The molecule has 0 bridgehead atoms. The summed E-state index contributed by atoms with van der Waals surface area (Å²) in [6.45, 7) is 2.69. The van der Waals surface area contributed by atoms with E-state index in [2.05, 4.69) is 12.1 Å². The van der Waals surface area contributed by atoms with E-state index in [9.17, 15) is 14.7 Å². The van der Waals surface area contributed by atoms with E-state index < -0.39 is 11.4 Å². The summed E-state index contributed by atoms with van der Waals surface area (Å²) >= 11 is 0. The normalized spacial score (nSPS) is 27.4.